The maximum absolute atomic E-state index is 5.86. The molecule has 2 N–H and O–H groups in total. The van der Waals surface area contributed by atoms with Crippen LogP contribution in [-0.4, -0.2) is 23.2 Å². The van der Waals surface area contributed by atoms with Crippen LogP contribution < -0.4 is 5.32 Å². The Labute approximate surface area is 107 Å². The third-order valence-electron chi connectivity index (χ3n) is 4.29. The Morgan fingerprint density at radius 3 is 3.11 bits per heavy atom. The van der Waals surface area contributed by atoms with Crippen molar-refractivity contribution in [1.29, 1.82) is 0 Å². The van der Waals surface area contributed by atoms with Crippen molar-refractivity contribution < 1.29 is 4.74 Å². The lowest BCUT2D eigenvalue weighted by molar-refractivity contribution is 0.0973. The average Bonchev–Trinajstić information content (AvgIpc) is 3.11. The molecular weight excluding hydrogens is 224 g/mol. The number of H-pyrrole nitrogens is 1. The Morgan fingerprint density at radius 2 is 2.28 bits per heavy atom. The van der Waals surface area contributed by atoms with Gasteiger partial charge in [0.1, 0.15) is 0 Å². The minimum Gasteiger partial charge on any atom is -0.373 e. The van der Waals surface area contributed by atoms with Crippen LogP contribution in [0, 0.1) is 0 Å². The Kier molecular flexibility index (Phi) is 2.42. The molecule has 2 aliphatic rings. The summed E-state index contributed by atoms with van der Waals surface area (Å²) in [7, 11) is 0. The summed E-state index contributed by atoms with van der Waals surface area (Å²) >= 11 is 0. The van der Waals surface area contributed by atoms with E-state index in [-0.39, 0.29) is 0 Å². The van der Waals surface area contributed by atoms with Crippen molar-refractivity contribution in [3.63, 3.8) is 0 Å². The predicted molar refractivity (Wildman–Crippen MR) is 71.4 cm³/mol. The lowest BCUT2D eigenvalue weighted by Crippen LogP contribution is -2.36. The quantitative estimate of drug-likeness (QED) is 0.868. The van der Waals surface area contributed by atoms with Crippen LogP contribution in [0.3, 0.4) is 0 Å². The highest BCUT2D eigenvalue weighted by Gasteiger charge is 2.40. The van der Waals surface area contributed by atoms with E-state index >= 15 is 0 Å². The Morgan fingerprint density at radius 1 is 1.28 bits per heavy atom. The first kappa shape index (κ1) is 10.6. The minimum atomic E-state index is 0.464. The first-order chi connectivity index (χ1) is 8.88. The van der Waals surface area contributed by atoms with Gasteiger partial charge in [0, 0.05) is 24.3 Å². The highest BCUT2D eigenvalue weighted by atomic mass is 16.5. The van der Waals surface area contributed by atoms with Crippen molar-refractivity contribution in [3.05, 3.63) is 36.0 Å². The van der Waals surface area contributed by atoms with Gasteiger partial charge in [-0.05, 0) is 48.4 Å². The van der Waals surface area contributed by atoms with E-state index in [1.165, 1.54) is 35.7 Å². The first-order valence-electron chi connectivity index (χ1n) is 6.83. The Hall–Kier alpha value is -1.32. The van der Waals surface area contributed by atoms with E-state index in [1.54, 1.807) is 0 Å². The number of benzene rings is 1. The van der Waals surface area contributed by atoms with E-state index in [1.807, 2.05) is 6.20 Å². The molecule has 2 aliphatic heterocycles. The molecule has 3 atom stereocenters. The molecule has 2 bridgehead atoms. The molecule has 2 saturated heterocycles. The average molecular weight is 242 g/mol. The monoisotopic (exact) mass is 242 g/mol. The number of aromatic nitrogens is 1. The highest BCUT2D eigenvalue weighted by Crippen LogP contribution is 2.34. The van der Waals surface area contributed by atoms with E-state index in [0.29, 0.717) is 18.2 Å². The Bertz CT molecular complexity index is 562. The summed E-state index contributed by atoms with van der Waals surface area (Å²) in [4.78, 5) is 3.23. The van der Waals surface area contributed by atoms with Gasteiger partial charge in [-0.3, -0.25) is 0 Å². The molecule has 1 aromatic heterocycles. The van der Waals surface area contributed by atoms with Crippen LogP contribution in [0.5, 0.6) is 0 Å². The third-order valence-corrected chi connectivity index (χ3v) is 4.29. The number of ether oxygens (including phenoxy) is 1. The minimum absolute atomic E-state index is 0.464. The second-order valence-corrected chi connectivity index (χ2v) is 5.50. The molecule has 0 radical (unpaired) electrons. The zero-order chi connectivity index (χ0) is 11.9. The summed E-state index contributed by atoms with van der Waals surface area (Å²) in [5.41, 5.74) is 2.56. The molecule has 1 aromatic carbocycles. The number of aromatic amines is 1. The van der Waals surface area contributed by atoms with Gasteiger partial charge in [0.05, 0.1) is 12.2 Å². The van der Waals surface area contributed by atoms with Crippen molar-refractivity contribution in [2.75, 3.05) is 0 Å². The van der Waals surface area contributed by atoms with E-state index in [0.717, 1.165) is 6.54 Å². The van der Waals surface area contributed by atoms with Gasteiger partial charge >= 0.3 is 0 Å². The highest BCUT2D eigenvalue weighted by molar-refractivity contribution is 5.79. The zero-order valence-electron chi connectivity index (χ0n) is 10.4. The molecule has 94 valence electrons. The third kappa shape index (κ3) is 1.74. The lowest BCUT2D eigenvalue weighted by Gasteiger charge is -2.20. The predicted octanol–water partition coefficient (Wildman–Crippen LogP) is 2.58. The molecule has 0 amide bonds. The topological polar surface area (TPSA) is 37.0 Å². The van der Waals surface area contributed by atoms with Gasteiger partial charge in [0.15, 0.2) is 0 Å². The van der Waals surface area contributed by atoms with Crippen molar-refractivity contribution in [2.45, 2.75) is 44.1 Å². The second kappa shape index (κ2) is 4.11. The van der Waals surface area contributed by atoms with Crippen LogP contribution in [0.15, 0.2) is 30.5 Å². The number of hydrogen-bond acceptors (Lipinski definition) is 2. The SMILES string of the molecule is c1cc2cc(CNC3CC4CCC3O4)ccc2[nH]1. The van der Waals surface area contributed by atoms with E-state index in [9.17, 15) is 0 Å². The Balaban J connectivity index is 1.45. The van der Waals surface area contributed by atoms with Gasteiger partial charge in [-0.2, -0.15) is 0 Å². The summed E-state index contributed by atoms with van der Waals surface area (Å²) in [5.74, 6) is 0. The molecular formula is C15H18N2O. The number of rotatable bonds is 3. The molecule has 2 fully saturated rings. The fourth-order valence-corrected chi connectivity index (χ4v) is 3.31. The van der Waals surface area contributed by atoms with Crippen molar-refractivity contribution >= 4 is 10.9 Å². The summed E-state index contributed by atoms with van der Waals surface area (Å²) in [6, 6.07) is 9.29. The standard InChI is InChI=1S/C15H18N2O/c1-3-13-11(5-6-16-13)7-10(1)9-17-14-8-12-2-4-15(14)18-12/h1,3,5-7,12,14-17H,2,4,8-9H2. The summed E-state index contributed by atoms with van der Waals surface area (Å²) < 4.78 is 5.86. The fraction of sp³-hybridized carbons (Fsp3) is 0.467. The number of hydrogen-bond donors (Lipinski definition) is 2. The van der Waals surface area contributed by atoms with Crippen molar-refractivity contribution in [2.24, 2.45) is 0 Å². The van der Waals surface area contributed by atoms with Gasteiger partial charge < -0.3 is 15.0 Å². The largest absolute Gasteiger partial charge is 0.373 e. The molecule has 3 heterocycles. The lowest BCUT2D eigenvalue weighted by atomic mass is 9.95. The van der Waals surface area contributed by atoms with Crippen LogP contribution in [0.25, 0.3) is 10.9 Å². The molecule has 3 nitrogen and oxygen atoms in total. The van der Waals surface area contributed by atoms with Crippen LogP contribution in [0.4, 0.5) is 0 Å². The molecule has 0 spiro atoms. The summed E-state index contributed by atoms with van der Waals surface area (Å²) in [6.45, 7) is 0.943. The second-order valence-electron chi connectivity index (χ2n) is 5.50. The van der Waals surface area contributed by atoms with Gasteiger partial charge in [-0.15, -0.1) is 0 Å². The van der Waals surface area contributed by atoms with Crippen LogP contribution in [-0.2, 0) is 11.3 Å². The van der Waals surface area contributed by atoms with Crippen molar-refractivity contribution in [1.82, 2.24) is 10.3 Å². The van der Waals surface area contributed by atoms with Crippen LogP contribution in [0.1, 0.15) is 24.8 Å². The first-order valence-corrected chi connectivity index (χ1v) is 6.83. The molecule has 0 saturated carbocycles. The normalized spacial score (nSPS) is 30.3. The number of nitrogens with one attached hydrogen (secondary N) is 2. The van der Waals surface area contributed by atoms with E-state index in [2.05, 4.69) is 34.6 Å². The molecule has 3 unspecified atom stereocenters. The van der Waals surface area contributed by atoms with Gasteiger partial charge in [-0.1, -0.05) is 6.07 Å². The molecule has 0 aliphatic carbocycles. The van der Waals surface area contributed by atoms with E-state index in [4.69, 9.17) is 4.74 Å². The molecule has 3 heteroatoms. The van der Waals surface area contributed by atoms with Crippen LogP contribution in [0.2, 0.25) is 0 Å². The summed E-state index contributed by atoms with van der Waals surface area (Å²) in [6.07, 6.45) is 6.67. The fourth-order valence-electron chi connectivity index (χ4n) is 3.31. The molecule has 4 rings (SSSR count). The van der Waals surface area contributed by atoms with Gasteiger partial charge in [0.2, 0.25) is 0 Å². The smallest absolute Gasteiger partial charge is 0.0733 e. The molecule has 2 aromatic rings. The van der Waals surface area contributed by atoms with Gasteiger partial charge in [0.25, 0.3) is 0 Å². The van der Waals surface area contributed by atoms with Crippen molar-refractivity contribution in [3.8, 4) is 0 Å². The van der Waals surface area contributed by atoms with E-state index < -0.39 is 0 Å². The summed E-state index contributed by atoms with van der Waals surface area (Å²) in [5, 5.41) is 4.94. The maximum atomic E-state index is 5.86. The zero-order valence-corrected chi connectivity index (χ0v) is 10.4. The molecule has 18 heavy (non-hydrogen) atoms. The van der Waals surface area contributed by atoms with Gasteiger partial charge in [-0.25, -0.2) is 0 Å². The maximum Gasteiger partial charge on any atom is 0.0733 e. The number of fused-ring (bicyclic) bond motifs is 3. The van der Waals surface area contributed by atoms with Crippen LogP contribution >= 0.6 is 0 Å².